The summed E-state index contributed by atoms with van der Waals surface area (Å²) in [6, 6.07) is 1.90. The third kappa shape index (κ3) is 3.69. The van der Waals surface area contributed by atoms with E-state index in [4.69, 9.17) is 4.74 Å². The molecule has 3 nitrogen and oxygen atoms in total. The van der Waals surface area contributed by atoms with Gasteiger partial charge in [0.2, 0.25) is 0 Å². The Balaban J connectivity index is 1.94. The first-order valence-electron chi connectivity index (χ1n) is 7.41. The minimum absolute atomic E-state index is 0.377. The Bertz CT molecular complexity index is 386. The lowest BCUT2D eigenvalue weighted by atomic mass is 9.76. The van der Waals surface area contributed by atoms with Crippen molar-refractivity contribution in [3.05, 3.63) is 24.0 Å². The van der Waals surface area contributed by atoms with E-state index in [0.717, 1.165) is 30.1 Å². The molecular weight excluding hydrogens is 238 g/mol. The van der Waals surface area contributed by atoms with Crippen LogP contribution < -0.4 is 4.74 Å². The van der Waals surface area contributed by atoms with Crippen LogP contribution in [0.5, 0.6) is 5.75 Å². The standard InChI is InChI=1S/C16H25NO2/c1-3-4-12-5-7-13(8-6-12)16(18)14-9-15(19-2)11-17-10-14/h9-13,16,18H,3-8H2,1-2H3. The molecule has 0 spiro atoms. The molecule has 0 aromatic carbocycles. The Hall–Kier alpha value is -1.09. The summed E-state index contributed by atoms with van der Waals surface area (Å²) in [5, 5.41) is 10.5. The zero-order valence-electron chi connectivity index (χ0n) is 12.0. The van der Waals surface area contributed by atoms with Crippen molar-refractivity contribution in [1.82, 2.24) is 4.98 Å². The third-order valence-electron chi connectivity index (χ3n) is 4.35. The minimum Gasteiger partial charge on any atom is -0.495 e. The molecule has 1 heterocycles. The summed E-state index contributed by atoms with van der Waals surface area (Å²) in [5.41, 5.74) is 0.887. The van der Waals surface area contributed by atoms with Gasteiger partial charge in [0.1, 0.15) is 5.75 Å². The van der Waals surface area contributed by atoms with Crippen LogP contribution in [0.1, 0.15) is 57.1 Å². The van der Waals surface area contributed by atoms with Gasteiger partial charge in [0.25, 0.3) is 0 Å². The lowest BCUT2D eigenvalue weighted by Crippen LogP contribution is -2.20. The molecule has 1 unspecified atom stereocenters. The van der Waals surface area contributed by atoms with Gasteiger partial charge in [-0.2, -0.15) is 0 Å². The Kier molecular flexibility index (Phi) is 5.20. The van der Waals surface area contributed by atoms with E-state index in [1.807, 2.05) is 6.07 Å². The summed E-state index contributed by atoms with van der Waals surface area (Å²) >= 11 is 0. The monoisotopic (exact) mass is 263 g/mol. The van der Waals surface area contributed by atoms with E-state index in [0.29, 0.717) is 5.92 Å². The van der Waals surface area contributed by atoms with E-state index < -0.39 is 6.10 Å². The molecule has 0 radical (unpaired) electrons. The largest absolute Gasteiger partial charge is 0.495 e. The van der Waals surface area contributed by atoms with E-state index in [9.17, 15) is 5.11 Å². The van der Waals surface area contributed by atoms with Crippen LogP contribution in [-0.2, 0) is 0 Å². The summed E-state index contributed by atoms with van der Waals surface area (Å²) in [6.07, 6.45) is 10.4. The maximum atomic E-state index is 10.5. The summed E-state index contributed by atoms with van der Waals surface area (Å²) in [5.74, 6) is 1.97. The predicted octanol–water partition coefficient (Wildman–Crippen LogP) is 3.73. The molecule has 19 heavy (non-hydrogen) atoms. The van der Waals surface area contributed by atoms with Crippen molar-refractivity contribution in [2.45, 2.75) is 51.6 Å². The molecule has 3 heteroatoms. The molecule has 1 aliphatic carbocycles. The van der Waals surface area contributed by atoms with Crippen molar-refractivity contribution < 1.29 is 9.84 Å². The average molecular weight is 263 g/mol. The second-order valence-electron chi connectivity index (χ2n) is 5.67. The Morgan fingerprint density at radius 3 is 2.68 bits per heavy atom. The second-order valence-corrected chi connectivity index (χ2v) is 5.67. The Morgan fingerprint density at radius 1 is 1.32 bits per heavy atom. The number of hydrogen-bond acceptors (Lipinski definition) is 3. The van der Waals surface area contributed by atoms with E-state index >= 15 is 0 Å². The number of ether oxygens (including phenoxy) is 1. The van der Waals surface area contributed by atoms with Gasteiger partial charge in [0, 0.05) is 11.8 Å². The van der Waals surface area contributed by atoms with Gasteiger partial charge in [0.15, 0.2) is 0 Å². The Morgan fingerprint density at radius 2 is 2.05 bits per heavy atom. The highest BCUT2D eigenvalue weighted by atomic mass is 16.5. The number of aliphatic hydroxyl groups excluding tert-OH is 1. The van der Waals surface area contributed by atoms with Gasteiger partial charge in [-0.15, -0.1) is 0 Å². The van der Waals surface area contributed by atoms with Crippen molar-refractivity contribution in [3.63, 3.8) is 0 Å². The number of hydrogen-bond donors (Lipinski definition) is 1. The van der Waals surface area contributed by atoms with E-state index in [1.165, 1.54) is 25.7 Å². The Labute approximate surface area is 116 Å². The van der Waals surface area contributed by atoms with Gasteiger partial charge in [-0.3, -0.25) is 4.98 Å². The molecular formula is C16H25NO2. The topological polar surface area (TPSA) is 42.4 Å². The van der Waals surface area contributed by atoms with Crippen LogP contribution in [0.3, 0.4) is 0 Å². The van der Waals surface area contributed by atoms with Crippen molar-refractivity contribution in [2.75, 3.05) is 7.11 Å². The van der Waals surface area contributed by atoms with Crippen molar-refractivity contribution in [1.29, 1.82) is 0 Å². The molecule has 0 saturated heterocycles. The number of methoxy groups -OCH3 is 1. The van der Waals surface area contributed by atoms with E-state index in [-0.39, 0.29) is 0 Å². The predicted molar refractivity (Wildman–Crippen MR) is 76.1 cm³/mol. The molecule has 1 aromatic heterocycles. The zero-order chi connectivity index (χ0) is 13.7. The summed E-state index contributed by atoms with van der Waals surface area (Å²) in [4.78, 5) is 4.13. The van der Waals surface area contributed by atoms with Crippen LogP contribution in [0, 0.1) is 11.8 Å². The van der Waals surface area contributed by atoms with Gasteiger partial charge in [-0.05, 0) is 30.7 Å². The van der Waals surface area contributed by atoms with Gasteiger partial charge in [0.05, 0.1) is 19.4 Å². The molecule has 1 aromatic rings. The lowest BCUT2D eigenvalue weighted by molar-refractivity contribution is 0.0718. The fourth-order valence-electron chi connectivity index (χ4n) is 3.18. The molecule has 1 N–H and O–H groups in total. The minimum atomic E-state index is -0.398. The first kappa shape index (κ1) is 14.3. The van der Waals surface area contributed by atoms with Gasteiger partial charge in [-0.1, -0.05) is 32.6 Å². The third-order valence-corrected chi connectivity index (χ3v) is 4.35. The van der Waals surface area contributed by atoms with Crippen LogP contribution in [0.2, 0.25) is 0 Å². The number of aliphatic hydroxyl groups is 1. The molecule has 0 aliphatic heterocycles. The highest BCUT2D eigenvalue weighted by Crippen LogP contribution is 2.38. The molecule has 106 valence electrons. The van der Waals surface area contributed by atoms with Gasteiger partial charge >= 0.3 is 0 Å². The second kappa shape index (κ2) is 6.90. The lowest BCUT2D eigenvalue weighted by Gasteiger charge is -2.31. The quantitative estimate of drug-likeness (QED) is 0.880. The van der Waals surface area contributed by atoms with E-state index in [1.54, 1.807) is 19.5 Å². The smallest absolute Gasteiger partial charge is 0.137 e. The van der Waals surface area contributed by atoms with Crippen LogP contribution in [0.15, 0.2) is 18.5 Å². The molecule has 0 bridgehead atoms. The fraction of sp³-hybridized carbons (Fsp3) is 0.688. The number of nitrogens with zero attached hydrogens (tertiary/aromatic N) is 1. The average Bonchev–Trinajstić information content (AvgIpc) is 2.48. The van der Waals surface area contributed by atoms with Crippen LogP contribution >= 0.6 is 0 Å². The number of rotatable bonds is 5. The van der Waals surface area contributed by atoms with Crippen LogP contribution in [0.4, 0.5) is 0 Å². The first-order chi connectivity index (χ1) is 9.24. The SMILES string of the molecule is CCCC1CCC(C(O)c2cncc(OC)c2)CC1. The van der Waals surface area contributed by atoms with Crippen molar-refractivity contribution >= 4 is 0 Å². The highest BCUT2D eigenvalue weighted by molar-refractivity contribution is 5.25. The summed E-state index contributed by atoms with van der Waals surface area (Å²) in [7, 11) is 1.63. The van der Waals surface area contributed by atoms with Crippen LogP contribution in [0.25, 0.3) is 0 Å². The maximum absolute atomic E-state index is 10.5. The normalized spacial score (nSPS) is 25.0. The zero-order valence-corrected chi connectivity index (χ0v) is 12.0. The highest BCUT2D eigenvalue weighted by Gasteiger charge is 2.27. The summed E-state index contributed by atoms with van der Waals surface area (Å²) < 4.78 is 5.17. The first-order valence-corrected chi connectivity index (χ1v) is 7.41. The maximum Gasteiger partial charge on any atom is 0.137 e. The summed E-state index contributed by atoms with van der Waals surface area (Å²) in [6.45, 7) is 2.25. The fourth-order valence-corrected chi connectivity index (χ4v) is 3.18. The molecule has 1 saturated carbocycles. The van der Waals surface area contributed by atoms with Gasteiger partial charge < -0.3 is 9.84 Å². The van der Waals surface area contributed by atoms with Crippen molar-refractivity contribution in [3.8, 4) is 5.75 Å². The van der Waals surface area contributed by atoms with Crippen LogP contribution in [-0.4, -0.2) is 17.2 Å². The van der Waals surface area contributed by atoms with E-state index in [2.05, 4.69) is 11.9 Å². The molecule has 1 fully saturated rings. The number of pyridine rings is 1. The molecule has 0 amide bonds. The molecule has 1 atom stereocenters. The number of aromatic nitrogens is 1. The van der Waals surface area contributed by atoms with Crippen molar-refractivity contribution in [2.24, 2.45) is 11.8 Å². The molecule has 1 aliphatic rings. The molecule has 2 rings (SSSR count). The van der Waals surface area contributed by atoms with Gasteiger partial charge in [-0.25, -0.2) is 0 Å².